The highest BCUT2D eigenvalue weighted by molar-refractivity contribution is 5.16. The van der Waals surface area contributed by atoms with E-state index in [2.05, 4.69) is 20.8 Å². The molecule has 86 heavy (non-hydrogen) atoms. The van der Waals surface area contributed by atoms with Crippen LogP contribution in [0.2, 0.25) is 0 Å². The third kappa shape index (κ3) is 12.2. The van der Waals surface area contributed by atoms with E-state index < -0.39 is 198 Å². The van der Waals surface area contributed by atoms with Gasteiger partial charge in [-0.15, -0.1) is 0 Å². The topological polar surface area (TPSA) is 455 Å². The second-order valence-electron chi connectivity index (χ2n) is 26.9. The van der Waals surface area contributed by atoms with E-state index in [1.165, 1.54) is 0 Å². The maximum Gasteiger partial charge on any atom is 0.187 e. The average Bonchev–Trinajstić information content (AvgIpc) is 1.50. The Kier molecular flexibility index (Phi) is 21.3. The minimum absolute atomic E-state index is 0.0255. The monoisotopic (exact) mass is 1240 g/mol. The Balaban J connectivity index is 0.775. The molecule has 0 amide bonds. The summed E-state index contributed by atoms with van der Waals surface area (Å²) in [5.41, 5.74) is -0.386. The molecule has 0 spiro atoms. The fourth-order valence-corrected chi connectivity index (χ4v) is 17.2. The minimum Gasteiger partial charge on any atom is -0.394 e. The molecule has 37 atom stereocenters. The van der Waals surface area contributed by atoms with Crippen molar-refractivity contribution in [3.8, 4) is 0 Å². The molecule has 0 bridgehead atoms. The molecule has 6 heterocycles. The summed E-state index contributed by atoms with van der Waals surface area (Å²) in [6.45, 7) is 5.30. The molecule has 0 radical (unpaired) electrons. The molecular weight excluding hydrogens is 1150 g/mol. The SMILES string of the molecule is COC1(CCC(C)COC2OC(CO)C(O)C(O)C2O)OC2CC3C4CC(O)C5CC(OC6OC(CO)C(OC7OC(CO)C(O)C(OC8OCC(O)C(O)C8O)C7OC7OC(CO)C(O)C(O)C7O)C(O)C6O)CCC5(C)C4CCC3(C)C2C1C. The average molecular weight is 1250 g/mol. The summed E-state index contributed by atoms with van der Waals surface area (Å²) in [5.74, 6) is -0.124. The molecule has 498 valence electrons. The maximum absolute atomic E-state index is 12.3. The van der Waals surface area contributed by atoms with Gasteiger partial charge in [0.1, 0.15) is 116 Å². The van der Waals surface area contributed by atoms with Crippen LogP contribution in [0.25, 0.3) is 0 Å². The summed E-state index contributed by atoms with van der Waals surface area (Å²) < 4.78 is 72.5. The molecule has 6 saturated heterocycles. The fraction of sp³-hybridized carbons (Fsp3) is 1.00. The Bertz CT molecular complexity index is 2190. The van der Waals surface area contributed by atoms with Crippen LogP contribution in [0, 0.1) is 52.3 Å². The van der Waals surface area contributed by atoms with Crippen molar-refractivity contribution in [1.29, 1.82) is 0 Å². The number of aliphatic hydroxyl groups excluding tert-OH is 17. The highest BCUT2D eigenvalue weighted by atomic mass is 16.8. The first-order valence-electron chi connectivity index (χ1n) is 30.8. The molecule has 17 N–H and O–H groups in total. The molecule has 6 aliphatic heterocycles. The molecule has 4 aliphatic carbocycles. The third-order valence-electron chi connectivity index (χ3n) is 22.1. The predicted octanol–water partition coefficient (Wildman–Crippen LogP) is -5.87. The number of aliphatic hydroxyl groups is 17. The number of methoxy groups -OCH3 is 1. The van der Waals surface area contributed by atoms with Gasteiger partial charge >= 0.3 is 0 Å². The highest BCUT2D eigenvalue weighted by Crippen LogP contribution is 2.71. The van der Waals surface area contributed by atoms with Gasteiger partial charge in [-0.25, -0.2) is 0 Å². The van der Waals surface area contributed by atoms with Crippen LogP contribution in [0.1, 0.15) is 85.5 Å². The number of hydrogen-bond acceptors (Lipinski definition) is 29. The van der Waals surface area contributed by atoms with Gasteiger partial charge in [0.05, 0.1) is 58.0 Å². The van der Waals surface area contributed by atoms with Crippen LogP contribution in [-0.2, 0) is 56.8 Å². The molecule has 4 saturated carbocycles. The molecule has 29 heteroatoms. The van der Waals surface area contributed by atoms with Crippen molar-refractivity contribution in [2.45, 2.75) is 257 Å². The van der Waals surface area contributed by atoms with E-state index in [0.29, 0.717) is 38.5 Å². The van der Waals surface area contributed by atoms with E-state index in [1.807, 2.05) is 6.92 Å². The van der Waals surface area contributed by atoms with E-state index in [0.717, 1.165) is 19.3 Å². The van der Waals surface area contributed by atoms with Crippen molar-refractivity contribution in [3.63, 3.8) is 0 Å². The molecule has 37 unspecified atom stereocenters. The van der Waals surface area contributed by atoms with E-state index in [1.54, 1.807) is 7.11 Å². The number of ether oxygens (including phenoxy) is 12. The summed E-state index contributed by atoms with van der Waals surface area (Å²) in [7, 11) is 1.68. The number of fused-ring (bicyclic) bond motifs is 7. The van der Waals surface area contributed by atoms with Crippen LogP contribution in [0.15, 0.2) is 0 Å². The zero-order chi connectivity index (χ0) is 62.2. The zero-order valence-electron chi connectivity index (χ0n) is 49.2. The van der Waals surface area contributed by atoms with Gasteiger partial charge in [0, 0.05) is 19.4 Å². The van der Waals surface area contributed by atoms with E-state index >= 15 is 0 Å². The first-order chi connectivity index (χ1) is 40.8. The van der Waals surface area contributed by atoms with E-state index in [4.69, 9.17) is 56.8 Å². The zero-order valence-corrected chi connectivity index (χ0v) is 49.2. The van der Waals surface area contributed by atoms with Crippen molar-refractivity contribution < 1.29 is 144 Å². The van der Waals surface area contributed by atoms with Gasteiger partial charge < -0.3 is 144 Å². The Hall–Kier alpha value is -1.16. The molecule has 10 fully saturated rings. The summed E-state index contributed by atoms with van der Waals surface area (Å²) in [6.07, 6.45) is -36.1. The predicted molar refractivity (Wildman–Crippen MR) is 284 cm³/mol. The first-order valence-corrected chi connectivity index (χ1v) is 30.8. The van der Waals surface area contributed by atoms with Crippen molar-refractivity contribution >= 4 is 0 Å². The summed E-state index contributed by atoms with van der Waals surface area (Å²) in [6, 6.07) is 0. The molecule has 0 aromatic heterocycles. The maximum atomic E-state index is 12.3. The lowest BCUT2D eigenvalue weighted by Gasteiger charge is -2.62. The van der Waals surface area contributed by atoms with Gasteiger partial charge in [0.15, 0.2) is 37.2 Å². The molecular formula is C57H96O29. The van der Waals surface area contributed by atoms with E-state index in [-0.39, 0.29) is 65.0 Å². The minimum atomic E-state index is -2.04. The Labute approximate surface area is 498 Å². The summed E-state index contributed by atoms with van der Waals surface area (Å²) in [5, 5.41) is 183. The number of hydrogen-bond donors (Lipinski definition) is 17. The van der Waals surface area contributed by atoms with Crippen LogP contribution in [-0.4, -0.2) is 305 Å². The van der Waals surface area contributed by atoms with Gasteiger partial charge in [-0.1, -0.05) is 27.7 Å². The quantitative estimate of drug-likeness (QED) is 0.0536. The van der Waals surface area contributed by atoms with Crippen LogP contribution in [0.4, 0.5) is 0 Å². The second kappa shape index (κ2) is 27.1. The summed E-state index contributed by atoms with van der Waals surface area (Å²) in [4.78, 5) is 0. The Morgan fingerprint density at radius 3 is 1.70 bits per heavy atom. The van der Waals surface area contributed by atoms with Crippen LogP contribution < -0.4 is 0 Å². The van der Waals surface area contributed by atoms with Crippen molar-refractivity contribution in [3.05, 3.63) is 0 Å². The van der Waals surface area contributed by atoms with Crippen molar-refractivity contribution in [2.75, 3.05) is 46.8 Å². The van der Waals surface area contributed by atoms with Crippen LogP contribution in [0.5, 0.6) is 0 Å². The number of rotatable bonds is 19. The molecule has 0 aromatic rings. The van der Waals surface area contributed by atoms with Crippen molar-refractivity contribution in [2.24, 2.45) is 52.3 Å². The molecule has 10 rings (SSSR count). The lowest BCUT2D eigenvalue weighted by atomic mass is 9.43. The van der Waals surface area contributed by atoms with Gasteiger partial charge in [-0.05, 0) is 97.7 Å². The van der Waals surface area contributed by atoms with Gasteiger partial charge in [-0.3, -0.25) is 0 Å². The van der Waals surface area contributed by atoms with Gasteiger partial charge in [0.2, 0.25) is 0 Å². The van der Waals surface area contributed by atoms with Gasteiger partial charge in [-0.2, -0.15) is 0 Å². The standard InChI is InChI=1S/C57H96O29/c1-21(19-76-50-44(72)40(68)37(65)31(15-58)79-50)6-11-57(75-5)22(2)35-30(86-57)14-26-24-13-28(62)27-12-23(7-9-55(27,3)25(24)8-10-56(26,35)4)78-52-46(74)42(70)47(34(18-61)82-52)83-54-49(85-53-45(73)41(69)38(66)32(16-59)80-53)48(39(67)33(17-60)81-54)84-51-43(71)36(64)29(63)20-77-51/h21-54,58-74H,6-20H2,1-5H3. The second-order valence-corrected chi connectivity index (χ2v) is 26.9. The highest BCUT2D eigenvalue weighted by Gasteiger charge is 2.70. The molecule has 10 aliphatic rings. The Morgan fingerprint density at radius 1 is 0.500 bits per heavy atom. The van der Waals surface area contributed by atoms with Crippen LogP contribution in [0.3, 0.4) is 0 Å². The van der Waals surface area contributed by atoms with Crippen molar-refractivity contribution in [1.82, 2.24) is 0 Å². The smallest absolute Gasteiger partial charge is 0.187 e. The van der Waals surface area contributed by atoms with Gasteiger partial charge in [0.25, 0.3) is 0 Å². The fourth-order valence-electron chi connectivity index (χ4n) is 17.2. The first kappa shape index (κ1) is 67.7. The Morgan fingerprint density at radius 2 is 1.05 bits per heavy atom. The lowest BCUT2D eigenvalue weighted by molar-refractivity contribution is -0.404. The normalized spacial score (nSPS) is 55.3. The van der Waals surface area contributed by atoms with E-state index in [9.17, 15) is 86.8 Å². The lowest BCUT2D eigenvalue weighted by Crippen LogP contribution is -2.68. The summed E-state index contributed by atoms with van der Waals surface area (Å²) >= 11 is 0. The van der Waals surface area contributed by atoms with Crippen LogP contribution >= 0.6 is 0 Å². The molecule has 29 nitrogen and oxygen atoms in total. The largest absolute Gasteiger partial charge is 0.394 e. The third-order valence-corrected chi connectivity index (χ3v) is 22.1. The molecule has 0 aromatic carbocycles.